The van der Waals surface area contributed by atoms with Gasteiger partial charge in [-0.15, -0.1) is 0 Å². The van der Waals surface area contributed by atoms with Gasteiger partial charge in [-0.25, -0.2) is 4.99 Å². The van der Waals surface area contributed by atoms with E-state index in [2.05, 4.69) is 41.6 Å². The van der Waals surface area contributed by atoms with Gasteiger partial charge in [-0.1, -0.05) is 24.3 Å². The van der Waals surface area contributed by atoms with Crippen LogP contribution in [0.2, 0.25) is 0 Å². The Morgan fingerprint density at radius 1 is 1.40 bits per heavy atom. The van der Waals surface area contributed by atoms with Crippen molar-refractivity contribution in [3.8, 4) is 0 Å². The average Bonchev–Trinajstić information content (AvgIpc) is 3.10. The number of hydrogen-bond acceptors (Lipinski definition) is 3. The van der Waals surface area contributed by atoms with E-state index in [1.165, 1.54) is 11.1 Å². The molecule has 1 aromatic rings. The third-order valence-electron chi connectivity index (χ3n) is 4.46. The molecule has 1 aromatic carbocycles. The number of guanidine groups is 1. The van der Waals surface area contributed by atoms with E-state index in [9.17, 15) is 4.79 Å². The lowest BCUT2D eigenvalue weighted by Crippen LogP contribution is -2.42. The fraction of sp³-hybridized carbons (Fsp3) is 0.579. The second-order valence-corrected chi connectivity index (χ2v) is 6.79. The highest BCUT2D eigenvalue weighted by molar-refractivity contribution is 5.85. The molecule has 1 aliphatic heterocycles. The molecule has 0 radical (unpaired) electrons. The maximum absolute atomic E-state index is 11.9. The van der Waals surface area contributed by atoms with Crippen molar-refractivity contribution in [2.75, 3.05) is 40.4 Å². The molecule has 138 valence electrons. The second-order valence-electron chi connectivity index (χ2n) is 6.79. The van der Waals surface area contributed by atoms with Crippen LogP contribution in [0, 0.1) is 12.8 Å². The SMILES string of the molecule is Cc1ccccc1C(C)NC(=NCC(=O)N(C)C)NCC1CCOC1. The molecule has 0 aromatic heterocycles. The summed E-state index contributed by atoms with van der Waals surface area (Å²) in [6, 6.07) is 8.38. The Morgan fingerprint density at radius 2 is 2.16 bits per heavy atom. The third-order valence-corrected chi connectivity index (χ3v) is 4.46. The van der Waals surface area contributed by atoms with Gasteiger partial charge in [-0.3, -0.25) is 4.79 Å². The zero-order chi connectivity index (χ0) is 18.2. The van der Waals surface area contributed by atoms with E-state index in [1.807, 2.05) is 12.1 Å². The van der Waals surface area contributed by atoms with Gasteiger partial charge >= 0.3 is 0 Å². The molecular weight excluding hydrogens is 316 g/mol. The van der Waals surface area contributed by atoms with Gasteiger partial charge in [-0.2, -0.15) is 0 Å². The Morgan fingerprint density at radius 3 is 2.80 bits per heavy atom. The molecule has 2 atom stereocenters. The Hall–Kier alpha value is -2.08. The predicted molar refractivity (Wildman–Crippen MR) is 101 cm³/mol. The van der Waals surface area contributed by atoms with Crippen LogP contribution in [0.1, 0.15) is 30.5 Å². The first kappa shape index (κ1) is 19.2. The lowest BCUT2D eigenvalue weighted by Gasteiger charge is -2.21. The van der Waals surface area contributed by atoms with Gasteiger partial charge in [0.2, 0.25) is 5.91 Å². The lowest BCUT2D eigenvalue weighted by atomic mass is 10.0. The summed E-state index contributed by atoms with van der Waals surface area (Å²) in [5.74, 6) is 1.14. The van der Waals surface area contributed by atoms with E-state index < -0.39 is 0 Å². The van der Waals surface area contributed by atoms with E-state index >= 15 is 0 Å². The first-order chi connectivity index (χ1) is 12.0. The van der Waals surface area contributed by atoms with E-state index in [0.29, 0.717) is 11.9 Å². The Labute approximate surface area is 150 Å². The smallest absolute Gasteiger partial charge is 0.243 e. The van der Waals surface area contributed by atoms with Gasteiger partial charge in [-0.05, 0) is 31.4 Å². The first-order valence-corrected chi connectivity index (χ1v) is 8.85. The van der Waals surface area contributed by atoms with Gasteiger partial charge in [0.15, 0.2) is 5.96 Å². The van der Waals surface area contributed by atoms with Crippen LogP contribution in [0.25, 0.3) is 0 Å². The number of nitrogens with one attached hydrogen (secondary N) is 2. The van der Waals surface area contributed by atoms with Crippen molar-refractivity contribution in [3.05, 3.63) is 35.4 Å². The van der Waals surface area contributed by atoms with E-state index in [-0.39, 0.29) is 18.5 Å². The fourth-order valence-electron chi connectivity index (χ4n) is 2.78. The Kier molecular flexibility index (Phi) is 7.25. The molecule has 1 saturated heterocycles. The minimum absolute atomic E-state index is 0.0196. The maximum atomic E-state index is 11.9. The van der Waals surface area contributed by atoms with E-state index in [4.69, 9.17) is 4.74 Å². The van der Waals surface area contributed by atoms with Crippen molar-refractivity contribution in [1.82, 2.24) is 15.5 Å². The van der Waals surface area contributed by atoms with Crippen LogP contribution in [-0.4, -0.2) is 57.2 Å². The molecule has 1 fully saturated rings. The molecular formula is C19H30N4O2. The Balaban J connectivity index is 2.02. The highest BCUT2D eigenvalue weighted by atomic mass is 16.5. The zero-order valence-corrected chi connectivity index (χ0v) is 15.7. The first-order valence-electron chi connectivity index (χ1n) is 8.85. The number of likely N-dealkylation sites (N-methyl/N-ethyl adjacent to an activating group) is 1. The predicted octanol–water partition coefficient (Wildman–Crippen LogP) is 1.72. The van der Waals surface area contributed by atoms with E-state index in [1.54, 1.807) is 19.0 Å². The number of nitrogens with zero attached hydrogens (tertiary/aromatic N) is 2. The summed E-state index contributed by atoms with van der Waals surface area (Å²) in [7, 11) is 3.48. The molecule has 1 heterocycles. The van der Waals surface area contributed by atoms with Crippen LogP contribution in [0.5, 0.6) is 0 Å². The lowest BCUT2D eigenvalue weighted by molar-refractivity contribution is -0.127. The number of carbonyl (C=O) groups is 1. The zero-order valence-electron chi connectivity index (χ0n) is 15.7. The van der Waals surface area contributed by atoms with Crippen LogP contribution in [0.15, 0.2) is 29.3 Å². The van der Waals surface area contributed by atoms with Crippen LogP contribution in [0.4, 0.5) is 0 Å². The summed E-state index contributed by atoms with van der Waals surface area (Å²) < 4.78 is 5.42. The summed E-state index contributed by atoms with van der Waals surface area (Å²) in [6.45, 7) is 6.73. The number of hydrogen-bond donors (Lipinski definition) is 2. The normalized spacial score (nSPS) is 18.7. The number of amides is 1. The molecule has 0 bridgehead atoms. The van der Waals surface area contributed by atoms with Crippen LogP contribution in [-0.2, 0) is 9.53 Å². The second kappa shape index (κ2) is 9.42. The highest BCUT2D eigenvalue weighted by Crippen LogP contribution is 2.16. The summed E-state index contributed by atoms with van der Waals surface area (Å²) in [5.41, 5.74) is 2.45. The number of aliphatic imine (C=N–C) groups is 1. The van der Waals surface area contributed by atoms with Crippen LogP contribution in [0.3, 0.4) is 0 Å². The minimum Gasteiger partial charge on any atom is -0.381 e. The number of carbonyl (C=O) groups excluding carboxylic acids is 1. The van der Waals surface area contributed by atoms with Gasteiger partial charge in [0, 0.05) is 33.2 Å². The quantitative estimate of drug-likeness (QED) is 0.608. The van der Waals surface area contributed by atoms with Crippen molar-refractivity contribution in [3.63, 3.8) is 0 Å². The van der Waals surface area contributed by atoms with Crippen molar-refractivity contribution in [2.45, 2.75) is 26.3 Å². The monoisotopic (exact) mass is 346 g/mol. The van der Waals surface area contributed by atoms with Crippen molar-refractivity contribution in [2.24, 2.45) is 10.9 Å². The average molecular weight is 346 g/mol. The third kappa shape index (κ3) is 6.05. The molecule has 2 rings (SSSR count). The number of benzene rings is 1. The number of aryl methyl sites for hydroxylation is 1. The molecule has 25 heavy (non-hydrogen) atoms. The summed E-state index contributed by atoms with van der Waals surface area (Å²) in [4.78, 5) is 17.9. The van der Waals surface area contributed by atoms with Crippen molar-refractivity contribution < 1.29 is 9.53 Å². The van der Waals surface area contributed by atoms with Crippen molar-refractivity contribution in [1.29, 1.82) is 0 Å². The largest absolute Gasteiger partial charge is 0.381 e. The van der Waals surface area contributed by atoms with Crippen molar-refractivity contribution >= 4 is 11.9 Å². The van der Waals surface area contributed by atoms with Crippen LogP contribution >= 0.6 is 0 Å². The topological polar surface area (TPSA) is 66.0 Å². The van der Waals surface area contributed by atoms with Gasteiger partial charge in [0.05, 0.1) is 12.6 Å². The molecule has 0 saturated carbocycles. The summed E-state index contributed by atoms with van der Waals surface area (Å²) >= 11 is 0. The number of rotatable bonds is 6. The van der Waals surface area contributed by atoms with Gasteiger partial charge in [0.1, 0.15) is 6.54 Å². The molecule has 6 nitrogen and oxygen atoms in total. The van der Waals surface area contributed by atoms with Gasteiger partial charge in [0.25, 0.3) is 0 Å². The Bertz CT molecular complexity index is 595. The molecule has 2 N–H and O–H groups in total. The molecule has 0 aliphatic carbocycles. The molecule has 1 aliphatic rings. The maximum Gasteiger partial charge on any atom is 0.243 e. The number of ether oxygens (including phenoxy) is 1. The minimum atomic E-state index is -0.0196. The highest BCUT2D eigenvalue weighted by Gasteiger charge is 2.17. The van der Waals surface area contributed by atoms with E-state index in [0.717, 1.165) is 26.2 Å². The standard InChI is InChI=1S/C19H30N4O2/c1-14-7-5-6-8-17(14)15(2)22-19(21-12-18(24)23(3)4)20-11-16-9-10-25-13-16/h5-8,15-16H,9-13H2,1-4H3,(H2,20,21,22). The van der Waals surface area contributed by atoms with Gasteiger partial charge < -0.3 is 20.3 Å². The van der Waals surface area contributed by atoms with Crippen LogP contribution < -0.4 is 10.6 Å². The fourth-order valence-corrected chi connectivity index (χ4v) is 2.78. The molecule has 1 amide bonds. The molecule has 2 unspecified atom stereocenters. The summed E-state index contributed by atoms with van der Waals surface area (Å²) in [5, 5.41) is 6.78. The summed E-state index contributed by atoms with van der Waals surface area (Å²) in [6.07, 6.45) is 1.06. The molecule has 6 heteroatoms. The molecule has 0 spiro atoms.